The summed E-state index contributed by atoms with van der Waals surface area (Å²) in [6.45, 7) is 5.80. The van der Waals surface area contributed by atoms with Crippen LogP contribution in [0.2, 0.25) is 5.02 Å². The molecule has 0 heterocycles. The molecule has 0 atom stereocenters. The average Bonchev–Trinajstić information content (AvgIpc) is 2.49. The van der Waals surface area contributed by atoms with Gasteiger partial charge in [-0.25, -0.2) is 0 Å². The second kappa shape index (κ2) is 7.28. The minimum atomic E-state index is 0.129. The third-order valence-electron chi connectivity index (χ3n) is 3.59. The summed E-state index contributed by atoms with van der Waals surface area (Å²) >= 11 is 5.93. The Bertz CT molecular complexity index is 624. The average molecular weight is 302 g/mol. The van der Waals surface area contributed by atoms with Gasteiger partial charge in [-0.2, -0.15) is 0 Å². The van der Waals surface area contributed by atoms with Crippen LogP contribution in [0, 0.1) is 6.92 Å². The van der Waals surface area contributed by atoms with E-state index in [0.717, 1.165) is 6.54 Å². The number of hydrogen-bond donors (Lipinski definition) is 0. The van der Waals surface area contributed by atoms with Gasteiger partial charge in [-0.05, 0) is 37.6 Å². The fraction of sp³-hybridized carbons (Fsp3) is 0.278. The number of nitrogens with zero attached hydrogens (tertiary/aromatic N) is 1. The molecule has 0 radical (unpaired) electrons. The number of hydrogen-bond acceptors (Lipinski definition) is 2. The second-order valence-electron chi connectivity index (χ2n) is 5.05. The number of anilines is 1. The predicted molar refractivity (Wildman–Crippen MR) is 89.5 cm³/mol. The van der Waals surface area contributed by atoms with E-state index >= 15 is 0 Å². The molecule has 2 rings (SSSR count). The molecule has 21 heavy (non-hydrogen) atoms. The Morgan fingerprint density at radius 3 is 2.57 bits per heavy atom. The van der Waals surface area contributed by atoms with Gasteiger partial charge >= 0.3 is 0 Å². The molecular weight excluding hydrogens is 282 g/mol. The summed E-state index contributed by atoms with van der Waals surface area (Å²) in [6.07, 6.45) is 0.489. The van der Waals surface area contributed by atoms with Crippen molar-refractivity contribution in [1.29, 1.82) is 0 Å². The van der Waals surface area contributed by atoms with Crippen molar-refractivity contribution in [2.75, 3.05) is 18.0 Å². The Morgan fingerprint density at radius 2 is 1.90 bits per heavy atom. The number of rotatable bonds is 6. The minimum absolute atomic E-state index is 0.129. The third kappa shape index (κ3) is 4.08. The zero-order valence-corrected chi connectivity index (χ0v) is 13.2. The highest BCUT2D eigenvalue weighted by molar-refractivity contribution is 6.31. The lowest BCUT2D eigenvalue weighted by Gasteiger charge is -2.24. The zero-order valence-electron chi connectivity index (χ0n) is 12.5. The Hall–Kier alpha value is -1.80. The smallest absolute Gasteiger partial charge is 0.164 e. The molecule has 0 N–H and O–H groups in total. The lowest BCUT2D eigenvalue weighted by molar-refractivity contribution is 0.0984. The second-order valence-corrected chi connectivity index (χ2v) is 5.49. The summed E-state index contributed by atoms with van der Waals surface area (Å²) in [5, 5.41) is 0.604. The Kier molecular flexibility index (Phi) is 5.40. The van der Waals surface area contributed by atoms with Crippen molar-refractivity contribution in [3.8, 4) is 0 Å². The van der Waals surface area contributed by atoms with Gasteiger partial charge in [-0.3, -0.25) is 4.79 Å². The van der Waals surface area contributed by atoms with Crippen molar-refractivity contribution >= 4 is 23.1 Å². The summed E-state index contributed by atoms with van der Waals surface area (Å²) < 4.78 is 0. The van der Waals surface area contributed by atoms with Crippen LogP contribution in [0.5, 0.6) is 0 Å². The summed E-state index contributed by atoms with van der Waals surface area (Å²) in [4.78, 5) is 14.5. The number of para-hydroxylation sites is 1. The number of carbonyl (C=O) groups is 1. The molecule has 0 aliphatic carbocycles. The lowest BCUT2D eigenvalue weighted by Crippen LogP contribution is -2.26. The van der Waals surface area contributed by atoms with Crippen molar-refractivity contribution in [3.05, 3.63) is 64.7 Å². The molecule has 0 unspecified atom stereocenters. The van der Waals surface area contributed by atoms with Gasteiger partial charge < -0.3 is 4.90 Å². The van der Waals surface area contributed by atoms with Crippen LogP contribution in [0.15, 0.2) is 48.5 Å². The molecular formula is C18H20ClNO. The van der Waals surface area contributed by atoms with Gasteiger partial charge in [0.15, 0.2) is 5.78 Å². The number of ketones is 1. The summed E-state index contributed by atoms with van der Waals surface area (Å²) in [6, 6.07) is 15.4. The molecule has 0 saturated carbocycles. The molecule has 0 aliphatic rings. The van der Waals surface area contributed by atoms with Gasteiger partial charge in [-0.1, -0.05) is 41.9 Å². The van der Waals surface area contributed by atoms with E-state index in [1.165, 1.54) is 11.3 Å². The largest absolute Gasteiger partial charge is 0.371 e. The lowest BCUT2D eigenvalue weighted by atomic mass is 10.1. The molecule has 2 aromatic carbocycles. The molecule has 2 nitrogen and oxygen atoms in total. The molecule has 0 aromatic heterocycles. The van der Waals surface area contributed by atoms with Crippen LogP contribution in [0.4, 0.5) is 5.69 Å². The quantitative estimate of drug-likeness (QED) is 0.718. The predicted octanol–water partition coefficient (Wildman–Crippen LogP) is 4.75. The number of benzene rings is 2. The minimum Gasteiger partial charge on any atom is -0.371 e. The molecule has 0 saturated heterocycles. The maximum atomic E-state index is 12.2. The third-order valence-corrected chi connectivity index (χ3v) is 3.83. The van der Waals surface area contributed by atoms with E-state index in [0.29, 0.717) is 23.6 Å². The highest BCUT2D eigenvalue weighted by Crippen LogP contribution is 2.20. The standard InChI is InChI=1S/C18H20ClNO/c1-3-20(17-10-5-4-7-14(17)2)12-11-18(21)15-8-6-9-16(19)13-15/h4-10,13H,3,11-12H2,1-2H3. The summed E-state index contributed by atoms with van der Waals surface area (Å²) in [5.41, 5.74) is 3.11. The van der Waals surface area contributed by atoms with Crippen LogP contribution in [-0.4, -0.2) is 18.9 Å². The summed E-state index contributed by atoms with van der Waals surface area (Å²) in [5.74, 6) is 0.129. The number of halogens is 1. The molecule has 0 fully saturated rings. The van der Waals surface area contributed by atoms with Crippen LogP contribution in [0.3, 0.4) is 0 Å². The Morgan fingerprint density at radius 1 is 1.14 bits per heavy atom. The molecule has 110 valence electrons. The van der Waals surface area contributed by atoms with Gasteiger partial charge in [-0.15, -0.1) is 0 Å². The highest BCUT2D eigenvalue weighted by Gasteiger charge is 2.11. The van der Waals surface area contributed by atoms with E-state index in [4.69, 9.17) is 11.6 Å². The fourth-order valence-corrected chi connectivity index (χ4v) is 2.60. The van der Waals surface area contributed by atoms with Crippen molar-refractivity contribution in [3.63, 3.8) is 0 Å². The normalized spacial score (nSPS) is 10.4. The van der Waals surface area contributed by atoms with Gasteiger partial charge in [0, 0.05) is 35.8 Å². The molecule has 0 aliphatic heterocycles. The number of carbonyl (C=O) groups excluding carboxylic acids is 1. The van der Waals surface area contributed by atoms with Crippen LogP contribution >= 0.6 is 11.6 Å². The topological polar surface area (TPSA) is 20.3 Å². The van der Waals surface area contributed by atoms with Crippen molar-refractivity contribution < 1.29 is 4.79 Å². The van der Waals surface area contributed by atoms with E-state index in [-0.39, 0.29) is 5.78 Å². The highest BCUT2D eigenvalue weighted by atomic mass is 35.5. The van der Waals surface area contributed by atoms with E-state index in [1.807, 2.05) is 24.3 Å². The maximum Gasteiger partial charge on any atom is 0.164 e. The van der Waals surface area contributed by atoms with E-state index in [2.05, 4.69) is 30.9 Å². The van der Waals surface area contributed by atoms with E-state index in [1.54, 1.807) is 12.1 Å². The summed E-state index contributed by atoms with van der Waals surface area (Å²) in [7, 11) is 0. The van der Waals surface area contributed by atoms with Crippen molar-refractivity contribution in [2.24, 2.45) is 0 Å². The van der Waals surface area contributed by atoms with E-state index < -0.39 is 0 Å². The van der Waals surface area contributed by atoms with Gasteiger partial charge in [0.1, 0.15) is 0 Å². The first-order valence-corrected chi connectivity index (χ1v) is 7.59. The first-order valence-electron chi connectivity index (χ1n) is 7.21. The first kappa shape index (κ1) is 15.6. The number of Topliss-reactive ketones (excluding diaryl/α,β-unsaturated/α-hetero) is 1. The van der Waals surface area contributed by atoms with Crippen LogP contribution in [0.1, 0.15) is 29.3 Å². The van der Waals surface area contributed by atoms with E-state index in [9.17, 15) is 4.79 Å². The van der Waals surface area contributed by atoms with Gasteiger partial charge in [0.2, 0.25) is 0 Å². The fourth-order valence-electron chi connectivity index (χ4n) is 2.41. The Balaban J connectivity index is 2.04. The van der Waals surface area contributed by atoms with Crippen molar-refractivity contribution in [2.45, 2.75) is 20.3 Å². The molecule has 0 amide bonds. The molecule has 2 aromatic rings. The SMILES string of the molecule is CCN(CCC(=O)c1cccc(Cl)c1)c1ccccc1C. The van der Waals surface area contributed by atoms with Crippen LogP contribution in [0.25, 0.3) is 0 Å². The molecule has 0 spiro atoms. The van der Waals surface area contributed by atoms with Crippen LogP contribution < -0.4 is 4.90 Å². The maximum absolute atomic E-state index is 12.2. The number of aryl methyl sites for hydroxylation is 1. The van der Waals surface area contributed by atoms with Gasteiger partial charge in [0.05, 0.1) is 0 Å². The van der Waals surface area contributed by atoms with Crippen LogP contribution in [-0.2, 0) is 0 Å². The monoisotopic (exact) mass is 301 g/mol. The van der Waals surface area contributed by atoms with Gasteiger partial charge in [0.25, 0.3) is 0 Å². The molecule has 0 bridgehead atoms. The zero-order chi connectivity index (χ0) is 15.2. The molecule has 3 heteroatoms. The van der Waals surface area contributed by atoms with Crippen molar-refractivity contribution in [1.82, 2.24) is 0 Å². The first-order chi connectivity index (χ1) is 10.1. The Labute approximate surface area is 131 Å².